The standard InChI is InChI=1S/C20H17ClF4N2O2/c21-14-5-8-17(22)16(9-14)19(29)27(15-6-7-15)10-12-1-3-13(4-2-12)18(28)26-11-20(23,24)25/h1-5,8-9,15H,6-7,10-11H2,(H,26,28). The molecule has 3 rings (SSSR count). The van der Waals surface area contributed by atoms with Crippen molar-refractivity contribution in [2.75, 3.05) is 6.54 Å². The maximum Gasteiger partial charge on any atom is 0.405 e. The molecule has 0 radical (unpaired) electrons. The SMILES string of the molecule is O=C(NCC(F)(F)F)c1ccc(CN(C(=O)c2cc(Cl)ccc2F)C2CC2)cc1. The summed E-state index contributed by atoms with van der Waals surface area (Å²) >= 11 is 5.88. The monoisotopic (exact) mass is 428 g/mol. The van der Waals surface area contributed by atoms with Crippen LogP contribution in [0.25, 0.3) is 0 Å². The second-order valence-electron chi connectivity index (χ2n) is 6.78. The number of halogens is 5. The number of nitrogens with one attached hydrogen (secondary N) is 1. The van der Waals surface area contributed by atoms with Gasteiger partial charge in [0.05, 0.1) is 5.56 Å². The Morgan fingerprint density at radius 2 is 1.76 bits per heavy atom. The third-order valence-corrected chi connectivity index (χ3v) is 4.66. The second-order valence-corrected chi connectivity index (χ2v) is 7.22. The molecule has 2 aromatic rings. The summed E-state index contributed by atoms with van der Waals surface area (Å²) in [6, 6.07) is 9.64. The summed E-state index contributed by atoms with van der Waals surface area (Å²) in [5.74, 6) is -1.99. The molecule has 2 aromatic carbocycles. The Morgan fingerprint density at radius 1 is 1.10 bits per heavy atom. The highest BCUT2D eigenvalue weighted by molar-refractivity contribution is 6.31. The lowest BCUT2D eigenvalue weighted by Gasteiger charge is -2.23. The molecule has 2 amide bonds. The van der Waals surface area contributed by atoms with Crippen molar-refractivity contribution in [3.8, 4) is 0 Å². The normalized spacial score (nSPS) is 13.8. The molecule has 0 bridgehead atoms. The van der Waals surface area contributed by atoms with Crippen molar-refractivity contribution < 1.29 is 27.2 Å². The molecule has 0 aromatic heterocycles. The lowest BCUT2D eigenvalue weighted by Crippen LogP contribution is -2.34. The fraction of sp³-hybridized carbons (Fsp3) is 0.300. The van der Waals surface area contributed by atoms with Gasteiger partial charge in [0, 0.05) is 23.2 Å². The average Bonchev–Trinajstić information content (AvgIpc) is 3.50. The van der Waals surface area contributed by atoms with Gasteiger partial charge in [0.2, 0.25) is 0 Å². The Labute approximate surface area is 169 Å². The molecular formula is C20H17ClF4N2O2. The van der Waals surface area contributed by atoms with Gasteiger partial charge in [-0.05, 0) is 48.7 Å². The van der Waals surface area contributed by atoms with Crippen molar-refractivity contribution in [2.24, 2.45) is 0 Å². The predicted octanol–water partition coefficient (Wildman–Crippen LogP) is 4.58. The molecule has 9 heteroatoms. The fourth-order valence-corrected chi connectivity index (χ4v) is 2.98. The maximum absolute atomic E-state index is 14.1. The topological polar surface area (TPSA) is 49.4 Å². The van der Waals surface area contributed by atoms with Crippen LogP contribution in [0.15, 0.2) is 42.5 Å². The molecule has 1 aliphatic rings. The molecule has 1 fully saturated rings. The van der Waals surface area contributed by atoms with Crippen molar-refractivity contribution in [1.29, 1.82) is 0 Å². The van der Waals surface area contributed by atoms with Crippen molar-refractivity contribution in [2.45, 2.75) is 31.6 Å². The highest BCUT2D eigenvalue weighted by atomic mass is 35.5. The summed E-state index contributed by atoms with van der Waals surface area (Å²) in [6.07, 6.45) is -2.89. The van der Waals surface area contributed by atoms with Crippen molar-refractivity contribution in [3.63, 3.8) is 0 Å². The average molecular weight is 429 g/mol. The van der Waals surface area contributed by atoms with E-state index in [1.165, 1.54) is 29.2 Å². The molecule has 0 atom stereocenters. The Hall–Kier alpha value is -2.61. The van der Waals surface area contributed by atoms with Crippen LogP contribution < -0.4 is 5.32 Å². The maximum atomic E-state index is 14.1. The molecule has 0 unspecified atom stereocenters. The Kier molecular flexibility index (Phi) is 6.12. The zero-order valence-corrected chi connectivity index (χ0v) is 15.9. The van der Waals surface area contributed by atoms with Gasteiger partial charge in [-0.3, -0.25) is 9.59 Å². The number of carbonyl (C=O) groups is 2. The van der Waals surface area contributed by atoms with Gasteiger partial charge in [-0.1, -0.05) is 23.7 Å². The molecule has 0 heterocycles. The smallest absolute Gasteiger partial charge is 0.343 e. The molecule has 4 nitrogen and oxygen atoms in total. The van der Waals surface area contributed by atoms with Crippen molar-refractivity contribution in [3.05, 3.63) is 70.0 Å². The second kappa shape index (κ2) is 8.41. The molecule has 1 aliphatic carbocycles. The zero-order chi connectivity index (χ0) is 21.2. The first-order valence-corrected chi connectivity index (χ1v) is 9.22. The van der Waals surface area contributed by atoms with E-state index < -0.39 is 30.4 Å². The first kappa shape index (κ1) is 21.1. The molecule has 1 saturated carbocycles. The Balaban J connectivity index is 1.71. The van der Waals surface area contributed by atoms with E-state index in [1.807, 2.05) is 0 Å². The lowest BCUT2D eigenvalue weighted by atomic mass is 10.1. The molecule has 0 aliphatic heterocycles. The number of amides is 2. The van der Waals surface area contributed by atoms with E-state index in [-0.39, 0.29) is 28.7 Å². The summed E-state index contributed by atoms with van der Waals surface area (Å²) in [6.45, 7) is -1.23. The Morgan fingerprint density at radius 3 is 2.34 bits per heavy atom. The van der Waals surface area contributed by atoms with Crippen LogP contribution in [0.3, 0.4) is 0 Å². The minimum atomic E-state index is -4.49. The summed E-state index contributed by atoms with van der Waals surface area (Å²) in [4.78, 5) is 26.1. The minimum absolute atomic E-state index is 0.0179. The third kappa shape index (κ3) is 5.69. The third-order valence-electron chi connectivity index (χ3n) is 4.43. The largest absolute Gasteiger partial charge is 0.405 e. The van der Waals surface area contributed by atoms with Gasteiger partial charge in [-0.2, -0.15) is 13.2 Å². The van der Waals surface area contributed by atoms with Crippen molar-refractivity contribution in [1.82, 2.24) is 10.2 Å². The van der Waals surface area contributed by atoms with Crippen LogP contribution in [-0.4, -0.2) is 35.5 Å². The number of benzene rings is 2. The van der Waals surface area contributed by atoms with Gasteiger partial charge in [0.1, 0.15) is 12.4 Å². The molecule has 1 N–H and O–H groups in total. The molecule has 0 saturated heterocycles. The van der Waals surface area contributed by atoms with Gasteiger partial charge in [-0.15, -0.1) is 0 Å². The number of alkyl halides is 3. The summed E-state index contributed by atoms with van der Waals surface area (Å²) < 4.78 is 50.7. The van der Waals surface area contributed by atoms with E-state index in [9.17, 15) is 27.2 Å². The van der Waals surface area contributed by atoms with Gasteiger partial charge >= 0.3 is 6.18 Å². The Bertz CT molecular complexity index is 912. The summed E-state index contributed by atoms with van der Waals surface area (Å²) in [7, 11) is 0. The summed E-state index contributed by atoms with van der Waals surface area (Å²) in [5, 5.41) is 2.05. The molecule has 154 valence electrons. The highest BCUT2D eigenvalue weighted by Gasteiger charge is 2.34. The van der Waals surface area contributed by atoms with E-state index in [1.54, 1.807) is 17.4 Å². The van der Waals surface area contributed by atoms with Gasteiger partial charge in [0.25, 0.3) is 11.8 Å². The van der Waals surface area contributed by atoms with Crippen LogP contribution in [0, 0.1) is 5.82 Å². The van der Waals surface area contributed by atoms with E-state index in [2.05, 4.69) is 0 Å². The molecule has 0 spiro atoms. The van der Waals surface area contributed by atoms with Crippen LogP contribution in [0.5, 0.6) is 0 Å². The van der Waals surface area contributed by atoms with Crippen LogP contribution >= 0.6 is 11.6 Å². The van der Waals surface area contributed by atoms with Crippen LogP contribution in [0.4, 0.5) is 17.6 Å². The lowest BCUT2D eigenvalue weighted by molar-refractivity contribution is -0.123. The van der Waals surface area contributed by atoms with E-state index in [0.29, 0.717) is 5.56 Å². The molecular weight excluding hydrogens is 412 g/mol. The minimum Gasteiger partial charge on any atom is -0.343 e. The summed E-state index contributed by atoms with van der Waals surface area (Å²) in [5.41, 5.74) is 0.621. The van der Waals surface area contributed by atoms with Crippen LogP contribution in [0.2, 0.25) is 5.02 Å². The number of carbonyl (C=O) groups excluding carboxylic acids is 2. The van der Waals surface area contributed by atoms with Crippen molar-refractivity contribution >= 4 is 23.4 Å². The van der Waals surface area contributed by atoms with E-state index >= 15 is 0 Å². The fourth-order valence-electron chi connectivity index (χ4n) is 2.81. The quantitative estimate of drug-likeness (QED) is 0.685. The number of nitrogens with zero attached hydrogens (tertiary/aromatic N) is 1. The van der Waals surface area contributed by atoms with Crippen LogP contribution in [-0.2, 0) is 6.54 Å². The first-order chi connectivity index (χ1) is 13.6. The van der Waals surface area contributed by atoms with Gasteiger partial charge in [0.15, 0.2) is 0 Å². The number of hydrogen-bond donors (Lipinski definition) is 1. The van der Waals surface area contributed by atoms with Gasteiger partial charge < -0.3 is 10.2 Å². The van der Waals surface area contributed by atoms with E-state index in [0.717, 1.165) is 18.9 Å². The molecule has 29 heavy (non-hydrogen) atoms. The number of hydrogen-bond acceptors (Lipinski definition) is 2. The number of rotatable bonds is 6. The highest BCUT2D eigenvalue weighted by Crippen LogP contribution is 2.31. The zero-order valence-electron chi connectivity index (χ0n) is 15.1. The van der Waals surface area contributed by atoms with E-state index in [4.69, 9.17) is 11.6 Å². The van der Waals surface area contributed by atoms with Crippen LogP contribution in [0.1, 0.15) is 39.1 Å². The first-order valence-electron chi connectivity index (χ1n) is 8.84. The van der Waals surface area contributed by atoms with Gasteiger partial charge in [-0.25, -0.2) is 4.39 Å². The predicted molar refractivity (Wildman–Crippen MR) is 99.1 cm³/mol.